The summed E-state index contributed by atoms with van der Waals surface area (Å²) in [7, 11) is 1.67. The minimum Gasteiger partial charge on any atom is -0.314 e. The van der Waals surface area contributed by atoms with Gasteiger partial charge in [-0.3, -0.25) is 0 Å². The zero-order valence-electron chi connectivity index (χ0n) is 16.7. The van der Waals surface area contributed by atoms with Crippen LogP contribution in [0.15, 0.2) is 91.0 Å². The van der Waals surface area contributed by atoms with E-state index in [0.29, 0.717) is 12.1 Å². The van der Waals surface area contributed by atoms with E-state index in [9.17, 15) is 4.57 Å². The highest BCUT2D eigenvalue weighted by molar-refractivity contribution is 7.78. The van der Waals surface area contributed by atoms with Crippen molar-refractivity contribution >= 4 is 17.8 Å². The van der Waals surface area contributed by atoms with Gasteiger partial charge in [0.1, 0.15) is 7.14 Å². The van der Waals surface area contributed by atoms with Crippen molar-refractivity contribution in [3.8, 4) is 0 Å². The molecule has 4 rings (SSSR count). The van der Waals surface area contributed by atoms with Crippen LogP contribution in [0, 0.1) is 0 Å². The molecule has 2 atom stereocenters. The van der Waals surface area contributed by atoms with Crippen molar-refractivity contribution in [1.29, 1.82) is 0 Å². The zero-order valence-corrected chi connectivity index (χ0v) is 17.6. The molecule has 0 aromatic heterocycles. The van der Waals surface area contributed by atoms with E-state index < -0.39 is 7.14 Å². The minimum absolute atomic E-state index is 0.0978. The molecule has 0 N–H and O–H groups in total. The summed E-state index contributed by atoms with van der Waals surface area (Å²) in [5.41, 5.74) is 1.49. The van der Waals surface area contributed by atoms with E-state index in [2.05, 4.69) is 49.3 Å². The van der Waals surface area contributed by atoms with E-state index >= 15 is 0 Å². The maximum absolute atomic E-state index is 14.3. The van der Waals surface area contributed by atoms with Crippen LogP contribution in [0.2, 0.25) is 0 Å². The van der Waals surface area contributed by atoms with E-state index in [0.717, 1.165) is 23.5 Å². The second kappa shape index (κ2) is 7.70. The lowest BCUT2D eigenvalue weighted by Crippen LogP contribution is -2.34. The van der Waals surface area contributed by atoms with Gasteiger partial charge in [-0.25, -0.2) is 0 Å². The van der Waals surface area contributed by atoms with Gasteiger partial charge in [0.05, 0.1) is 0 Å². The van der Waals surface area contributed by atoms with Crippen LogP contribution in [0.4, 0.5) is 0 Å². The topological polar surface area (TPSA) is 20.3 Å². The second-order valence-corrected chi connectivity index (χ2v) is 11.0. The number of hydrogen-bond acceptors (Lipinski definition) is 2. The van der Waals surface area contributed by atoms with Gasteiger partial charge in [-0.05, 0) is 32.5 Å². The molecule has 0 bridgehead atoms. The van der Waals surface area contributed by atoms with Crippen molar-refractivity contribution in [2.45, 2.75) is 24.3 Å². The van der Waals surface area contributed by atoms with E-state index in [1.165, 1.54) is 5.56 Å². The summed E-state index contributed by atoms with van der Waals surface area (Å²) in [6.45, 7) is 0. The molecule has 144 valence electrons. The molecular weight excluding hydrogens is 361 g/mol. The van der Waals surface area contributed by atoms with Crippen molar-refractivity contribution < 1.29 is 4.57 Å². The highest BCUT2D eigenvalue weighted by atomic mass is 31.2. The van der Waals surface area contributed by atoms with Crippen LogP contribution in [0.1, 0.15) is 24.3 Å². The highest BCUT2D eigenvalue weighted by Crippen LogP contribution is 2.59. The van der Waals surface area contributed by atoms with Crippen LogP contribution in [-0.2, 0) is 4.57 Å². The molecule has 28 heavy (non-hydrogen) atoms. The van der Waals surface area contributed by atoms with Gasteiger partial charge < -0.3 is 9.46 Å². The first kappa shape index (κ1) is 19.2. The lowest BCUT2D eigenvalue weighted by Gasteiger charge is -2.29. The normalized spacial score (nSPS) is 21.6. The van der Waals surface area contributed by atoms with Gasteiger partial charge in [0, 0.05) is 28.2 Å². The molecule has 3 aromatic rings. The van der Waals surface area contributed by atoms with E-state index in [1.54, 1.807) is 0 Å². The Morgan fingerprint density at radius 2 is 1.29 bits per heavy atom. The third-order valence-corrected chi connectivity index (χ3v) is 9.46. The van der Waals surface area contributed by atoms with Gasteiger partial charge >= 0.3 is 0 Å². The Hall–Kier alpha value is -2.15. The second-order valence-electron chi connectivity index (χ2n) is 8.05. The molecule has 1 fully saturated rings. The molecule has 2 nitrogen and oxygen atoms in total. The highest BCUT2D eigenvalue weighted by Gasteiger charge is 2.56. The number of hydrogen-bond donors (Lipinski definition) is 0. The SMILES string of the molecule is CN(C)[C@]1(CCP(=O)(c2ccccc2)c2ccccc2)C[C@@H]1c1ccccc1. The van der Waals surface area contributed by atoms with Gasteiger partial charge in [-0.1, -0.05) is 91.0 Å². The van der Waals surface area contributed by atoms with Crippen molar-refractivity contribution in [2.75, 3.05) is 20.3 Å². The quantitative estimate of drug-likeness (QED) is 0.537. The van der Waals surface area contributed by atoms with Crippen LogP contribution < -0.4 is 10.6 Å². The lowest BCUT2D eigenvalue weighted by atomic mass is 10.0. The summed E-state index contributed by atoms with van der Waals surface area (Å²) in [6.07, 6.45) is 2.76. The van der Waals surface area contributed by atoms with Gasteiger partial charge in [-0.15, -0.1) is 0 Å². The van der Waals surface area contributed by atoms with Crippen molar-refractivity contribution in [3.63, 3.8) is 0 Å². The molecule has 0 spiro atoms. The minimum atomic E-state index is -2.66. The fourth-order valence-corrected chi connectivity index (χ4v) is 7.32. The Labute approximate surface area is 168 Å². The van der Waals surface area contributed by atoms with Crippen molar-refractivity contribution in [2.24, 2.45) is 0 Å². The summed E-state index contributed by atoms with van der Waals surface area (Å²) in [4.78, 5) is 2.35. The van der Waals surface area contributed by atoms with Gasteiger partial charge in [0.25, 0.3) is 0 Å². The molecule has 1 aliphatic carbocycles. The van der Waals surface area contributed by atoms with Crippen molar-refractivity contribution in [1.82, 2.24) is 4.90 Å². The first-order valence-corrected chi connectivity index (χ1v) is 11.9. The molecule has 0 saturated heterocycles. The fourth-order valence-electron chi connectivity index (χ4n) is 4.50. The van der Waals surface area contributed by atoms with Crippen LogP contribution in [0.5, 0.6) is 0 Å². The summed E-state index contributed by atoms with van der Waals surface area (Å²) in [5.74, 6) is 0.517. The van der Waals surface area contributed by atoms with Crippen molar-refractivity contribution in [3.05, 3.63) is 96.6 Å². The first-order chi connectivity index (χ1) is 13.6. The standard InChI is InChI=1S/C25H28NOP/c1-26(2)25(20-24(25)21-12-6-3-7-13-21)18-19-28(27,22-14-8-4-9-15-22)23-16-10-5-11-17-23/h3-17,24H,18-20H2,1-2H3/t24-,25-/m1/s1. The lowest BCUT2D eigenvalue weighted by molar-refractivity contribution is 0.256. The zero-order chi connectivity index (χ0) is 19.6. The molecule has 0 aliphatic heterocycles. The summed E-state index contributed by atoms with van der Waals surface area (Å²) < 4.78 is 14.3. The molecule has 1 saturated carbocycles. The predicted molar refractivity (Wildman–Crippen MR) is 119 cm³/mol. The average molecular weight is 389 g/mol. The Bertz CT molecular complexity index is 912. The van der Waals surface area contributed by atoms with E-state index in [-0.39, 0.29) is 5.54 Å². The number of likely N-dealkylation sites (N-methyl/N-ethyl adjacent to an activating group) is 1. The van der Waals surface area contributed by atoms with Crippen LogP contribution in [-0.4, -0.2) is 30.7 Å². The average Bonchev–Trinajstić information content (AvgIpc) is 3.50. The Balaban J connectivity index is 1.64. The predicted octanol–water partition coefficient (Wildman–Crippen LogP) is 4.88. The molecule has 0 heterocycles. The first-order valence-electron chi connectivity index (χ1n) is 9.99. The summed E-state index contributed by atoms with van der Waals surface area (Å²) in [6, 6.07) is 30.8. The Kier molecular flexibility index (Phi) is 5.27. The maximum atomic E-state index is 14.3. The number of nitrogens with zero attached hydrogens (tertiary/aromatic N) is 1. The summed E-state index contributed by atoms with van der Waals surface area (Å²) >= 11 is 0. The maximum Gasteiger partial charge on any atom is 0.143 e. The smallest absolute Gasteiger partial charge is 0.143 e. The monoisotopic (exact) mass is 389 g/mol. The summed E-state index contributed by atoms with van der Waals surface area (Å²) in [5, 5.41) is 1.93. The Morgan fingerprint density at radius 1 is 0.821 bits per heavy atom. The van der Waals surface area contributed by atoms with Crippen LogP contribution >= 0.6 is 7.14 Å². The molecule has 0 radical (unpaired) electrons. The van der Waals surface area contributed by atoms with Gasteiger partial charge in [0.15, 0.2) is 0 Å². The number of rotatable bonds is 7. The van der Waals surface area contributed by atoms with E-state index in [1.807, 2.05) is 60.7 Å². The van der Waals surface area contributed by atoms with Crippen LogP contribution in [0.25, 0.3) is 0 Å². The van der Waals surface area contributed by atoms with Gasteiger partial charge in [-0.2, -0.15) is 0 Å². The van der Waals surface area contributed by atoms with E-state index in [4.69, 9.17) is 0 Å². The molecule has 0 unspecified atom stereocenters. The van der Waals surface area contributed by atoms with Gasteiger partial charge in [0.2, 0.25) is 0 Å². The van der Waals surface area contributed by atoms with Crippen LogP contribution in [0.3, 0.4) is 0 Å². The molecule has 1 aliphatic rings. The Morgan fingerprint density at radius 3 is 1.75 bits per heavy atom. The molecule has 3 heteroatoms. The molecule has 3 aromatic carbocycles. The third kappa shape index (κ3) is 3.48. The third-order valence-electron chi connectivity index (χ3n) is 6.34. The molecule has 0 amide bonds. The molecular formula is C25H28NOP. The number of benzene rings is 3. The largest absolute Gasteiger partial charge is 0.314 e. The fraction of sp³-hybridized carbons (Fsp3) is 0.280.